The molecule has 0 amide bonds. The minimum atomic E-state index is -0.143. The lowest BCUT2D eigenvalue weighted by molar-refractivity contribution is -0.141. The van der Waals surface area contributed by atoms with Crippen LogP contribution in [0.2, 0.25) is 0 Å². The quantitative estimate of drug-likeness (QED) is 0.552. The van der Waals surface area contributed by atoms with Gasteiger partial charge in [-0.15, -0.1) is 0 Å². The third kappa shape index (κ3) is 2.57. The highest BCUT2D eigenvalue weighted by molar-refractivity contribution is 5.70. The van der Waals surface area contributed by atoms with Gasteiger partial charge in [-0.05, 0) is 5.56 Å². The lowest BCUT2D eigenvalue weighted by Crippen LogP contribution is -2.15. The molecule has 1 atom stereocenters. The molecule has 3 nitrogen and oxygen atoms in total. The number of rotatable bonds is 4. The molecule has 1 aromatic rings. The second-order valence-electron chi connectivity index (χ2n) is 3.74. The predicted molar refractivity (Wildman–Crippen MR) is 57.4 cm³/mol. The zero-order chi connectivity index (χ0) is 10.7. The zero-order valence-electron chi connectivity index (χ0n) is 8.85. The van der Waals surface area contributed by atoms with Gasteiger partial charge in [0.25, 0.3) is 0 Å². The molecule has 1 aliphatic rings. The maximum atomic E-state index is 11.3. The Hall–Kier alpha value is -1.35. The topological polar surface area (TPSA) is 29.3 Å². The lowest BCUT2D eigenvalue weighted by atomic mass is 10.0. The van der Waals surface area contributed by atoms with Crippen molar-refractivity contribution < 1.29 is 9.53 Å². The van der Waals surface area contributed by atoms with E-state index in [1.54, 1.807) is 0 Å². The van der Waals surface area contributed by atoms with Crippen LogP contribution in [0.15, 0.2) is 30.3 Å². The molecular formula is C12H15NO2. The van der Waals surface area contributed by atoms with Gasteiger partial charge in [-0.3, -0.25) is 9.69 Å². The van der Waals surface area contributed by atoms with Crippen LogP contribution in [0.5, 0.6) is 0 Å². The van der Waals surface area contributed by atoms with Crippen LogP contribution in [0.4, 0.5) is 0 Å². The maximum absolute atomic E-state index is 11.3. The fraction of sp³-hybridized carbons (Fsp3) is 0.417. The SMILES string of the molecule is COC(=O)C[C@H](c1ccccc1)N1CC1. The van der Waals surface area contributed by atoms with Gasteiger partial charge < -0.3 is 4.74 Å². The standard InChI is InChI=1S/C12H15NO2/c1-15-12(14)9-11(13-7-8-13)10-5-3-2-4-6-10/h2-6,11H,7-9H2,1H3/t11-/m1/s1. The number of benzene rings is 1. The molecule has 2 rings (SSSR count). The van der Waals surface area contributed by atoms with Gasteiger partial charge in [0.05, 0.1) is 13.5 Å². The van der Waals surface area contributed by atoms with E-state index in [4.69, 9.17) is 4.74 Å². The largest absolute Gasteiger partial charge is 0.469 e. The molecule has 0 radical (unpaired) electrons. The van der Waals surface area contributed by atoms with Crippen molar-refractivity contribution >= 4 is 5.97 Å². The molecule has 0 bridgehead atoms. The van der Waals surface area contributed by atoms with Crippen molar-refractivity contribution in [1.29, 1.82) is 0 Å². The van der Waals surface area contributed by atoms with E-state index in [1.165, 1.54) is 12.7 Å². The zero-order valence-corrected chi connectivity index (χ0v) is 8.85. The molecule has 1 heterocycles. The molecule has 1 aromatic carbocycles. The average molecular weight is 205 g/mol. The first-order valence-corrected chi connectivity index (χ1v) is 5.17. The summed E-state index contributed by atoms with van der Waals surface area (Å²) in [4.78, 5) is 13.5. The monoisotopic (exact) mass is 205 g/mol. The Morgan fingerprint density at radius 2 is 2.07 bits per heavy atom. The first-order chi connectivity index (χ1) is 7.31. The van der Waals surface area contributed by atoms with Crippen LogP contribution in [0, 0.1) is 0 Å². The molecule has 0 aromatic heterocycles. The second-order valence-corrected chi connectivity index (χ2v) is 3.74. The molecule has 1 fully saturated rings. The molecule has 1 aliphatic heterocycles. The summed E-state index contributed by atoms with van der Waals surface area (Å²) in [7, 11) is 1.44. The van der Waals surface area contributed by atoms with E-state index in [1.807, 2.05) is 18.2 Å². The molecule has 0 saturated carbocycles. The van der Waals surface area contributed by atoms with Crippen LogP contribution in [0.25, 0.3) is 0 Å². The summed E-state index contributed by atoms with van der Waals surface area (Å²) < 4.78 is 4.71. The number of ether oxygens (including phenoxy) is 1. The molecular weight excluding hydrogens is 190 g/mol. The van der Waals surface area contributed by atoms with Gasteiger partial charge in [0.1, 0.15) is 0 Å². The lowest BCUT2D eigenvalue weighted by Gasteiger charge is -2.17. The van der Waals surface area contributed by atoms with E-state index >= 15 is 0 Å². The molecule has 80 valence electrons. The smallest absolute Gasteiger partial charge is 0.307 e. The van der Waals surface area contributed by atoms with Gasteiger partial charge >= 0.3 is 5.97 Å². The molecule has 0 unspecified atom stereocenters. The van der Waals surface area contributed by atoms with E-state index in [0.717, 1.165) is 13.1 Å². The summed E-state index contributed by atoms with van der Waals surface area (Å²) in [5.74, 6) is -0.143. The summed E-state index contributed by atoms with van der Waals surface area (Å²) >= 11 is 0. The summed E-state index contributed by atoms with van der Waals surface area (Å²) in [5.41, 5.74) is 1.19. The highest BCUT2D eigenvalue weighted by Gasteiger charge is 2.30. The molecule has 1 saturated heterocycles. The summed E-state index contributed by atoms with van der Waals surface area (Å²) in [6, 6.07) is 10.3. The van der Waals surface area contributed by atoms with E-state index in [2.05, 4.69) is 17.0 Å². The highest BCUT2D eigenvalue weighted by Crippen LogP contribution is 2.29. The minimum absolute atomic E-state index is 0.143. The minimum Gasteiger partial charge on any atom is -0.469 e. The third-order valence-corrected chi connectivity index (χ3v) is 2.69. The summed E-state index contributed by atoms with van der Waals surface area (Å²) in [6.45, 7) is 2.16. The normalized spacial score (nSPS) is 17.1. The van der Waals surface area contributed by atoms with Crippen LogP contribution in [-0.4, -0.2) is 31.1 Å². The first-order valence-electron chi connectivity index (χ1n) is 5.17. The van der Waals surface area contributed by atoms with E-state index in [0.29, 0.717) is 6.42 Å². The number of hydrogen-bond acceptors (Lipinski definition) is 3. The Labute approximate surface area is 89.7 Å². The number of carbonyl (C=O) groups excluding carboxylic acids is 1. The van der Waals surface area contributed by atoms with Gasteiger partial charge in [0, 0.05) is 19.1 Å². The van der Waals surface area contributed by atoms with Crippen molar-refractivity contribution in [3.05, 3.63) is 35.9 Å². The number of methoxy groups -OCH3 is 1. The van der Waals surface area contributed by atoms with Gasteiger partial charge in [-0.2, -0.15) is 0 Å². The predicted octanol–water partition coefficient (Wildman–Crippen LogP) is 1.61. The number of carbonyl (C=O) groups is 1. The van der Waals surface area contributed by atoms with Gasteiger partial charge in [0.2, 0.25) is 0 Å². The van der Waals surface area contributed by atoms with E-state index < -0.39 is 0 Å². The Morgan fingerprint density at radius 1 is 1.40 bits per heavy atom. The second kappa shape index (κ2) is 4.45. The van der Waals surface area contributed by atoms with E-state index in [-0.39, 0.29) is 12.0 Å². The summed E-state index contributed by atoms with van der Waals surface area (Å²) in [5, 5.41) is 0. The van der Waals surface area contributed by atoms with Crippen molar-refractivity contribution in [1.82, 2.24) is 4.90 Å². The van der Waals surface area contributed by atoms with Crippen molar-refractivity contribution in [2.24, 2.45) is 0 Å². The summed E-state index contributed by atoms with van der Waals surface area (Å²) in [6.07, 6.45) is 0.445. The highest BCUT2D eigenvalue weighted by atomic mass is 16.5. The van der Waals surface area contributed by atoms with Crippen molar-refractivity contribution in [3.63, 3.8) is 0 Å². The fourth-order valence-electron chi connectivity index (χ4n) is 1.74. The van der Waals surface area contributed by atoms with E-state index in [9.17, 15) is 4.79 Å². The third-order valence-electron chi connectivity index (χ3n) is 2.69. The first kappa shape index (κ1) is 10.2. The number of nitrogens with zero attached hydrogens (tertiary/aromatic N) is 1. The van der Waals surface area contributed by atoms with Crippen LogP contribution in [0.3, 0.4) is 0 Å². The molecule has 0 aliphatic carbocycles. The molecule has 0 N–H and O–H groups in total. The van der Waals surface area contributed by atoms with Crippen molar-refractivity contribution in [2.45, 2.75) is 12.5 Å². The Bertz CT molecular complexity index is 333. The molecule has 3 heteroatoms. The van der Waals surface area contributed by atoms with Gasteiger partial charge in [-0.1, -0.05) is 30.3 Å². The van der Waals surface area contributed by atoms with Gasteiger partial charge in [0.15, 0.2) is 0 Å². The van der Waals surface area contributed by atoms with Gasteiger partial charge in [-0.25, -0.2) is 0 Å². The van der Waals surface area contributed by atoms with Crippen molar-refractivity contribution in [3.8, 4) is 0 Å². The van der Waals surface area contributed by atoms with Crippen LogP contribution in [-0.2, 0) is 9.53 Å². The number of esters is 1. The van der Waals surface area contributed by atoms with Crippen molar-refractivity contribution in [2.75, 3.05) is 20.2 Å². The number of hydrogen-bond donors (Lipinski definition) is 0. The van der Waals surface area contributed by atoms with Crippen LogP contribution in [0.1, 0.15) is 18.0 Å². The fourth-order valence-corrected chi connectivity index (χ4v) is 1.74. The Morgan fingerprint density at radius 3 is 2.60 bits per heavy atom. The Kier molecular flexibility index (Phi) is 3.02. The Balaban J connectivity index is 2.10. The van der Waals surface area contributed by atoms with Crippen LogP contribution < -0.4 is 0 Å². The molecule has 15 heavy (non-hydrogen) atoms. The molecule has 0 spiro atoms. The van der Waals surface area contributed by atoms with Crippen LogP contribution >= 0.6 is 0 Å². The average Bonchev–Trinajstić information content (AvgIpc) is 3.10. The maximum Gasteiger partial charge on any atom is 0.307 e.